The summed E-state index contributed by atoms with van der Waals surface area (Å²) in [5, 5.41) is 3.23. The third-order valence-electron chi connectivity index (χ3n) is 2.33. The molecule has 0 unspecified atom stereocenters. The van der Waals surface area contributed by atoms with Crippen LogP contribution in [0.25, 0.3) is 0 Å². The van der Waals surface area contributed by atoms with Crippen LogP contribution in [0.5, 0.6) is 0 Å². The highest BCUT2D eigenvalue weighted by atomic mass is 16.1. The molecule has 0 bridgehead atoms. The van der Waals surface area contributed by atoms with Crippen LogP contribution in [0.4, 0.5) is 11.4 Å². The standard InChI is InChI=1S/C12H19N3O/c1-9(16)10-4-5-12(11(13)8-10)14-6-7-15(2)3/h4-5,8,14H,6-7,13H2,1-3H3. The number of nitrogen functional groups attached to an aromatic ring is 1. The number of anilines is 2. The van der Waals surface area contributed by atoms with E-state index in [2.05, 4.69) is 10.2 Å². The average molecular weight is 221 g/mol. The van der Waals surface area contributed by atoms with E-state index in [4.69, 9.17) is 5.73 Å². The number of ketones is 1. The molecule has 0 radical (unpaired) electrons. The fourth-order valence-electron chi connectivity index (χ4n) is 1.36. The number of carbonyl (C=O) groups is 1. The average Bonchev–Trinajstić information content (AvgIpc) is 2.19. The van der Waals surface area contributed by atoms with Crippen molar-refractivity contribution in [1.29, 1.82) is 0 Å². The lowest BCUT2D eigenvalue weighted by atomic mass is 10.1. The van der Waals surface area contributed by atoms with Gasteiger partial charge in [-0.05, 0) is 39.2 Å². The van der Waals surface area contributed by atoms with Gasteiger partial charge in [-0.2, -0.15) is 0 Å². The first-order valence-corrected chi connectivity index (χ1v) is 5.30. The minimum absolute atomic E-state index is 0.0338. The van der Waals surface area contributed by atoms with E-state index in [1.807, 2.05) is 20.2 Å². The molecule has 0 aliphatic carbocycles. The number of rotatable bonds is 5. The van der Waals surface area contributed by atoms with Crippen molar-refractivity contribution in [3.05, 3.63) is 23.8 Å². The number of likely N-dealkylation sites (N-methyl/N-ethyl adjacent to an activating group) is 1. The maximum atomic E-state index is 11.1. The number of hydrogen-bond acceptors (Lipinski definition) is 4. The van der Waals surface area contributed by atoms with E-state index < -0.39 is 0 Å². The fourth-order valence-corrected chi connectivity index (χ4v) is 1.36. The Morgan fingerprint density at radius 3 is 2.62 bits per heavy atom. The highest BCUT2D eigenvalue weighted by Crippen LogP contribution is 2.19. The van der Waals surface area contributed by atoms with Gasteiger partial charge in [0, 0.05) is 18.7 Å². The van der Waals surface area contributed by atoms with Crippen molar-refractivity contribution in [2.24, 2.45) is 0 Å². The molecule has 16 heavy (non-hydrogen) atoms. The molecule has 4 heteroatoms. The van der Waals surface area contributed by atoms with Gasteiger partial charge in [0.25, 0.3) is 0 Å². The number of benzene rings is 1. The molecule has 0 fully saturated rings. The molecule has 0 aliphatic heterocycles. The maximum absolute atomic E-state index is 11.1. The highest BCUT2D eigenvalue weighted by molar-refractivity contribution is 5.95. The second-order valence-corrected chi connectivity index (χ2v) is 4.09. The topological polar surface area (TPSA) is 58.4 Å². The summed E-state index contributed by atoms with van der Waals surface area (Å²) in [6.45, 7) is 3.30. The molecule has 88 valence electrons. The number of Topliss-reactive ketones (excluding diaryl/α,β-unsaturated/α-hetero) is 1. The Kier molecular flexibility index (Phi) is 4.31. The van der Waals surface area contributed by atoms with Crippen molar-refractivity contribution in [2.45, 2.75) is 6.92 Å². The molecule has 3 N–H and O–H groups in total. The Morgan fingerprint density at radius 1 is 1.44 bits per heavy atom. The van der Waals surface area contributed by atoms with Crippen LogP contribution < -0.4 is 11.1 Å². The quantitative estimate of drug-likeness (QED) is 0.583. The highest BCUT2D eigenvalue weighted by Gasteiger charge is 2.03. The van der Waals surface area contributed by atoms with E-state index in [-0.39, 0.29) is 5.78 Å². The summed E-state index contributed by atoms with van der Waals surface area (Å²) < 4.78 is 0. The third kappa shape index (κ3) is 3.55. The molecule has 0 heterocycles. The monoisotopic (exact) mass is 221 g/mol. The van der Waals surface area contributed by atoms with Gasteiger partial charge in [-0.15, -0.1) is 0 Å². The normalized spacial score (nSPS) is 10.5. The number of nitrogens with zero attached hydrogens (tertiary/aromatic N) is 1. The minimum Gasteiger partial charge on any atom is -0.397 e. The minimum atomic E-state index is 0.0338. The summed E-state index contributed by atoms with van der Waals surface area (Å²) in [6, 6.07) is 5.35. The Morgan fingerprint density at radius 2 is 2.12 bits per heavy atom. The van der Waals surface area contributed by atoms with Gasteiger partial charge < -0.3 is 16.0 Å². The Balaban J connectivity index is 2.64. The zero-order chi connectivity index (χ0) is 12.1. The van der Waals surface area contributed by atoms with Crippen molar-refractivity contribution in [3.8, 4) is 0 Å². The van der Waals surface area contributed by atoms with Crippen molar-refractivity contribution in [2.75, 3.05) is 38.2 Å². The number of nitrogens with one attached hydrogen (secondary N) is 1. The van der Waals surface area contributed by atoms with Crippen LogP contribution in [0.15, 0.2) is 18.2 Å². The van der Waals surface area contributed by atoms with Crippen LogP contribution in [-0.2, 0) is 0 Å². The predicted octanol–water partition coefficient (Wildman–Crippen LogP) is 1.44. The molecule has 0 aromatic heterocycles. The predicted molar refractivity (Wildman–Crippen MR) is 67.9 cm³/mol. The second-order valence-electron chi connectivity index (χ2n) is 4.09. The Labute approximate surface area is 96.4 Å². The molecule has 0 amide bonds. The molecule has 0 saturated carbocycles. The fraction of sp³-hybridized carbons (Fsp3) is 0.417. The van der Waals surface area contributed by atoms with Crippen molar-refractivity contribution < 1.29 is 4.79 Å². The summed E-state index contributed by atoms with van der Waals surface area (Å²) in [5.74, 6) is 0.0338. The van der Waals surface area contributed by atoms with Gasteiger partial charge in [0.1, 0.15) is 0 Å². The van der Waals surface area contributed by atoms with E-state index in [1.54, 1.807) is 12.1 Å². The van der Waals surface area contributed by atoms with Crippen LogP contribution in [-0.4, -0.2) is 37.9 Å². The van der Waals surface area contributed by atoms with Crippen LogP contribution in [0.1, 0.15) is 17.3 Å². The van der Waals surface area contributed by atoms with Crippen LogP contribution >= 0.6 is 0 Å². The van der Waals surface area contributed by atoms with E-state index in [9.17, 15) is 4.79 Å². The van der Waals surface area contributed by atoms with Gasteiger partial charge in [-0.25, -0.2) is 0 Å². The summed E-state index contributed by atoms with van der Waals surface area (Å²) in [5.41, 5.74) is 7.99. The molecule has 1 rings (SSSR count). The zero-order valence-corrected chi connectivity index (χ0v) is 10.1. The van der Waals surface area contributed by atoms with Gasteiger partial charge in [0.2, 0.25) is 0 Å². The van der Waals surface area contributed by atoms with Gasteiger partial charge in [-0.3, -0.25) is 4.79 Å². The van der Waals surface area contributed by atoms with Gasteiger partial charge in [0.05, 0.1) is 11.4 Å². The largest absolute Gasteiger partial charge is 0.397 e. The lowest BCUT2D eigenvalue weighted by Gasteiger charge is -2.13. The summed E-state index contributed by atoms with van der Waals surface area (Å²) in [7, 11) is 4.04. The molecule has 1 aromatic rings. The van der Waals surface area contributed by atoms with Crippen LogP contribution in [0.2, 0.25) is 0 Å². The Bertz CT molecular complexity index is 375. The van der Waals surface area contributed by atoms with Crippen molar-refractivity contribution in [3.63, 3.8) is 0 Å². The number of nitrogens with two attached hydrogens (primary N) is 1. The maximum Gasteiger partial charge on any atom is 0.159 e. The molecule has 0 atom stereocenters. The smallest absolute Gasteiger partial charge is 0.159 e. The van der Waals surface area contributed by atoms with Crippen LogP contribution in [0.3, 0.4) is 0 Å². The molecule has 1 aromatic carbocycles. The summed E-state index contributed by atoms with van der Waals surface area (Å²) in [4.78, 5) is 13.2. The van der Waals surface area contributed by atoms with Gasteiger partial charge in [-0.1, -0.05) is 0 Å². The van der Waals surface area contributed by atoms with E-state index in [1.165, 1.54) is 6.92 Å². The summed E-state index contributed by atoms with van der Waals surface area (Å²) >= 11 is 0. The molecule has 0 spiro atoms. The van der Waals surface area contributed by atoms with E-state index >= 15 is 0 Å². The second kappa shape index (κ2) is 5.51. The first-order valence-electron chi connectivity index (χ1n) is 5.30. The van der Waals surface area contributed by atoms with Crippen LogP contribution in [0, 0.1) is 0 Å². The van der Waals surface area contributed by atoms with Gasteiger partial charge in [0.15, 0.2) is 5.78 Å². The van der Waals surface area contributed by atoms with Crippen molar-refractivity contribution in [1.82, 2.24) is 4.90 Å². The molecular formula is C12H19N3O. The summed E-state index contributed by atoms with van der Waals surface area (Å²) in [6.07, 6.45) is 0. The third-order valence-corrected chi connectivity index (χ3v) is 2.33. The Hall–Kier alpha value is -1.55. The lowest BCUT2D eigenvalue weighted by molar-refractivity contribution is 0.101. The number of hydrogen-bond donors (Lipinski definition) is 2. The molecule has 0 saturated heterocycles. The first-order chi connectivity index (χ1) is 7.50. The van der Waals surface area contributed by atoms with Gasteiger partial charge >= 0.3 is 0 Å². The molecular weight excluding hydrogens is 202 g/mol. The molecule has 0 aliphatic rings. The first kappa shape index (κ1) is 12.5. The lowest BCUT2D eigenvalue weighted by Crippen LogP contribution is -2.21. The SMILES string of the molecule is CC(=O)c1ccc(NCCN(C)C)c(N)c1. The van der Waals surface area contributed by atoms with E-state index in [0.717, 1.165) is 18.8 Å². The number of carbonyl (C=O) groups excluding carboxylic acids is 1. The zero-order valence-electron chi connectivity index (χ0n) is 10.1. The van der Waals surface area contributed by atoms with E-state index in [0.29, 0.717) is 11.3 Å². The van der Waals surface area contributed by atoms with Crippen molar-refractivity contribution >= 4 is 17.2 Å². The molecule has 4 nitrogen and oxygen atoms in total.